The standard InChI is InChI=1S/C24H28N4O6.C18H13F3N4O2/c1-24(2,3)34-13-10-31-9-12-33-22-14-19(18(16-25)17-26)21(32-11-8-30-7-6-29)15-20(22)23(27-4)28-5;1-18(2,3)27-7-6-26-16-12(17(24-4)25-5)14(20)13(19)11(15(16)21)10(8-22)9-23/h14-15,29H,6-13H2,1-3H3;6-7H2,1-3H3. The van der Waals surface area contributed by atoms with Gasteiger partial charge in [-0.25, -0.2) is 13.2 Å². The van der Waals surface area contributed by atoms with Crippen molar-refractivity contribution in [2.45, 2.75) is 52.7 Å². The van der Waals surface area contributed by atoms with Gasteiger partial charge >= 0.3 is 11.6 Å². The molecule has 0 bridgehead atoms. The van der Waals surface area contributed by atoms with Gasteiger partial charge in [0.15, 0.2) is 28.4 Å². The Kier molecular flexibility index (Phi) is 22.1. The summed E-state index contributed by atoms with van der Waals surface area (Å²) in [6.07, 6.45) is 0. The fraction of sp³-hybridized carbons (Fsp3) is 0.429. The van der Waals surface area contributed by atoms with Crippen LogP contribution < -0.4 is 35.1 Å². The van der Waals surface area contributed by atoms with Crippen molar-refractivity contribution in [1.82, 2.24) is 0 Å². The monoisotopic (exact) mass is 842 g/mol. The lowest BCUT2D eigenvalue weighted by Crippen LogP contribution is -2.30. The largest absolute Gasteiger partial charge is 0.533 e. The predicted molar refractivity (Wildman–Crippen MR) is 210 cm³/mol. The SMILES string of the molecule is [C-]#[N+]C([N+]#[C-])=c1c(F)c(F)c(=C(C#N)C#N)c(F)c1OCCOC(C)(C)C.[C-]#[N+]C([N+]#[C-])=c1cc(OCCOCCO)c(=C(C#N)C#N)cc1OCCOCCOC(C)(C)C. The highest BCUT2D eigenvalue weighted by Crippen LogP contribution is 2.17. The topological polar surface area (TPSA) is 197 Å². The van der Waals surface area contributed by atoms with E-state index in [1.165, 1.54) is 24.3 Å². The van der Waals surface area contributed by atoms with Gasteiger partial charge in [0.25, 0.3) is 0 Å². The van der Waals surface area contributed by atoms with E-state index in [1.807, 2.05) is 32.9 Å². The van der Waals surface area contributed by atoms with Gasteiger partial charge in [-0.1, -0.05) is 0 Å². The Labute approximate surface area is 351 Å². The summed E-state index contributed by atoms with van der Waals surface area (Å²) in [5.74, 6) is -7.04. The number of benzene rings is 2. The summed E-state index contributed by atoms with van der Waals surface area (Å²) in [5, 5.41) is 43.3. The Hall–Kier alpha value is -7.17. The molecule has 0 radical (unpaired) electrons. The molecule has 0 unspecified atom stereocenters. The predicted octanol–water partition coefficient (Wildman–Crippen LogP) is 3.79. The molecule has 0 heterocycles. The average Bonchev–Trinajstić information content (AvgIpc) is 3.21. The van der Waals surface area contributed by atoms with Crippen molar-refractivity contribution in [2.24, 2.45) is 0 Å². The summed E-state index contributed by atoms with van der Waals surface area (Å²) in [7, 11) is 0. The second-order valence-corrected chi connectivity index (χ2v) is 13.6. The minimum atomic E-state index is -1.86. The molecule has 0 aromatic heterocycles. The zero-order chi connectivity index (χ0) is 46.2. The lowest BCUT2D eigenvalue weighted by molar-refractivity contribution is -0.0376. The molecule has 19 heteroatoms. The van der Waals surface area contributed by atoms with Crippen LogP contribution in [-0.4, -0.2) is 82.4 Å². The molecule has 16 nitrogen and oxygen atoms in total. The highest BCUT2D eigenvalue weighted by atomic mass is 19.2. The maximum absolute atomic E-state index is 14.8. The number of ether oxygens (including phenoxy) is 7. The van der Waals surface area contributed by atoms with E-state index in [9.17, 15) is 23.7 Å². The number of hydrogen-bond donors (Lipinski definition) is 1. The summed E-state index contributed by atoms with van der Waals surface area (Å²) in [6.45, 7) is 40.5. The highest BCUT2D eigenvalue weighted by Gasteiger charge is 2.27. The van der Waals surface area contributed by atoms with E-state index in [1.54, 1.807) is 20.8 Å². The molecule has 2 aromatic rings. The van der Waals surface area contributed by atoms with Crippen molar-refractivity contribution < 1.29 is 51.4 Å². The second-order valence-electron chi connectivity index (χ2n) is 13.6. The Morgan fingerprint density at radius 1 is 0.557 bits per heavy atom. The summed E-state index contributed by atoms with van der Waals surface area (Å²) < 4.78 is 81.6. The van der Waals surface area contributed by atoms with Gasteiger partial charge in [0.05, 0.1) is 62.7 Å². The highest BCUT2D eigenvalue weighted by molar-refractivity contribution is 5.75. The van der Waals surface area contributed by atoms with Gasteiger partial charge in [0.1, 0.15) is 98.2 Å². The second kappa shape index (κ2) is 26.0. The Balaban J connectivity index is 0.000000626. The molecular formula is C42H41F3N8O8. The molecule has 2 aromatic carbocycles. The zero-order valence-electron chi connectivity index (χ0n) is 34.2. The molecule has 0 fully saturated rings. The first kappa shape index (κ1) is 51.8. The fourth-order valence-electron chi connectivity index (χ4n) is 4.52. The van der Waals surface area contributed by atoms with Crippen molar-refractivity contribution in [3.8, 4) is 41.5 Å². The van der Waals surface area contributed by atoms with E-state index >= 15 is 0 Å². The first-order chi connectivity index (χ1) is 28.9. The minimum absolute atomic E-state index is 0.0604. The molecule has 0 saturated carbocycles. The summed E-state index contributed by atoms with van der Waals surface area (Å²) in [6, 6.07) is 8.97. The van der Waals surface area contributed by atoms with Crippen LogP contribution in [0.3, 0.4) is 0 Å². The third-order valence-electron chi connectivity index (χ3n) is 7.05. The van der Waals surface area contributed by atoms with Crippen LogP contribution in [0.5, 0.6) is 17.2 Å². The number of rotatable bonds is 17. The van der Waals surface area contributed by atoms with Crippen LogP contribution in [0, 0.1) is 89.1 Å². The number of halogens is 3. The third-order valence-corrected chi connectivity index (χ3v) is 7.05. The minimum Gasteiger partial charge on any atom is -0.492 e. The van der Waals surface area contributed by atoms with E-state index in [-0.39, 0.29) is 91.8 Å². The van der Waals surface area contributed by atoms with Crippen molar-refractivity contribution in [1.29, 1.82) is 21.0 Å². The van der Waals surface area contributed by atoms with Crippen LogP contribution in [0.25, 0.3) is 42.2 Å². The van der Waals surface area contributed by atoms with Crippen LogP contribution in [-0.2, 0) is 18.9 Å². The molecule has 318 valence electrons. The smallest absolute Gasteiger partial charge is 0.492 e. The zero-order valence-corrected chi connectivity index (χ0v) is 34.2. The van der Waals surface area contributed by atoms with E-state index in [0.29, 0.717) is 13.2 Å². The average molecular weight is 843 g/mol. The molecular weight excluding hydrogens is 802 g/mol. The summed E-state index contributed by atoms with van der Waals surface area (Å²) >= 11 is 0. The normalized spacial score (nSPS) is 10.3. The van der Waals surface area contributed by atoms with Crippen LogP contribution in [0.15, 0.2) is 12.1 Å². The maximum Gasteiger partial charge on any atom is 0.533 e. The van der Waals surface area contributed by atoms with Crippen LogP contribution in [0.1, 0.15) is 41.5 Å². The van der Waals surface area contributed by atoms with Gasteiger partial charge in [-0.15, -0.1) is 0 Å². The number of nitrogens with zero attached hydrogens (tertiary/aromatic N) is 8. The first-order valence-corrected chi connectivity index (χ1v) is 17.8. The molecule has 0 atom stereocenters. The molecule has 2 rings (SSSR count). The molecule has 0 spiro atoms. The van der Waals surface area contributed by atoms with Crippen molar-refractivity contribution in [3.63, 3.8) is 0 Å². The fourth-order valence-corrected chi connectivity index (χ4v) is 4.52. The van der Waals surface area contributed by atoms with Gasteiger partial charge in [-0.2, -0.15) is 40.4 Å². The summed E-state index contributed by atoms with van der Waals surface area (Å²) in [5.41, 5.74) is -2.04. The van der Waals surface area contributed by atoms with E-state index in [0.717, 1.165) is 0 Å². The molecule has 0 aliphatic carbocycles. The van der Waals surface area contributed by atoms with E-state index < -0.39 is 50.6 Å². The van der Waals surface area contributed by atoms with Crippen LogP contribution in [0.2, 0.25) is 0 Å². The molecule has 1 N–H and O–H groups in total. The Bertz CT molecular complexity index is 2430. The first-order valence-electron chi connectivity index (χ1n) is 17.8. The Morgan fingerprint density at radius 2 is 0.967 bits per heavy atom. The molecule has 0 saturated heterocycles. The van der Waals surface area contributed by atoms with Gasteiger partial charge in [0, 0.05) is 5.22 Å². The van der Waals surface area contributed by atoms with Crippen LogP contribution >= 0.6 is 0 Å². The van der Waals surface area contributed by atoms with Crippen molar-refractivity contribution >= 4 is 22.8 Å². The Morgan fingerprint density at radius 3 is 1.43 bits per heavy atom. The lowest BCUT2D eigenvalue weighted by atomic mass is 10.1. The van der Waals surface area contributed by atoms with E-state index in [4.69, 9.17) is 75.1 Å². The number of nitriles is 4. The van der Waals surface area contributed by atoms with Gasteiger partial charge in [-0.05, 0) is 53.7 Å². The number of hydrogen-bond acceptors (Lipinski definition) is 12. The summed E-state index contributed by atoms with van der Waals surface area (Å²) in [4.78, 5) is 12.0. The quantitative estimate of drug-likeness (QED) is 0.138. The lowest BCUT2D eigenvalue weighted by Gasteiger charge is -2.19. The van der Waals surface area contributed by atoms with Crippen molar-refractivity contribution in [2.75, 3.05) is 66.1 Å². The molecule has 0 aliphatic rings. The van der Waals surface area contributed by atoms with E-state index in [2.05, 4.69) is 19.4 Å². The number of aliphatic hydroxyl groups is 1. The van der Waals surface area contributed by atoms with Gasteiger partial charge in [-0.3, -0.25) is 0 Å². The van der Waals surface area contributed by atoms with Crippen LogP contribution in [0.4, 0.5) is 13.2 Å². The maximum atomic E-state index is 14.8. The van der Waals surface area contributed by atoms with Crippen molar-refractivity contribution in [3.05, 3.63) is 96.1 Å². The van der Waals surface area contributed by atoms with Gasteiger partial charge in [0.2, 0.25) is 0 Å². The molecule has 0 aliphatic heterocycles. The molecule has 61 heavy (non-hydrogen) atoms. The molecule has 0 amide bonds. The third kappa shape index (κ3) is 16.5. The van der Waals surface area contributed by atoms with Gasteiger partial charge < -0.3 is 38.3 Å². The number of aliphatic hydroxyl groups excluding tert-OH is 1.